The molecule has 5 heavy (non-hydrogen) atoms. The largest absolute Gasteiger partial charge is 2.00 e. The molecule has 0 aromatic carbocycles. The van der Waals surface area contributed by atoms with Gasteiger partial charge in [-0.2, -0.15) is 13.8 Å². The summed E-state index contributed by atoms with van der Waals surface area (Å²) in [4.78, 5) is 0. The summed E-state index contributed by atoms with van der Waals surface area (Å²) < 4.78 is 0. The van der Waals surface area contributed by atoms with Crippen molar-refractivity contribution in [1.29, 1.82) is 0 Å². The van der Waals surface area contributed by atoms with E-state index in [0.717, 1.165) is 0 Å². The molecule has 0 aliphatic rings. The van der Waals surface area contributed by atoms with Crippen molar-refractivity contribution < 1.29 is 20.9 Å². The normalized spacial score (nSPS) is 2.40. The summed E-state index contributed by atoms with van der Waals surface area (Å²) in [6.45, 7) is 10.0. The van der Waals surface area contributed by atoms with Gasteiger partial charge in [-0.25, -0.2) is 0 Å². The quantitative estimate of drug-likeness (QED) is 0.343. The maximum atomic E-state index is 3.25. The minimum Gasteiger partial charge on any atom is -0.346 e. The van der Waals surface area contributed by atoms with Crippen LogP contribution in [-0.2, 0) is 19.5 Å². The van der Waals surface area contributed by atoms with Crippen molar-refractivity contribution in [2.75, 3.05) is 0 Å². The molecule has 0 fully saturated rings. The zero-order chi connectivity index (χ0) is 4.00. The van der Waals surface area contributed by atoms with E-state index >= 15 is 0 Å². The van der Waals surface area contributed by atoms with Crippen molar-refractivity contribution in [2.24, 2.45) is 0 Å². The first-order chi connectivity index (χ1) is 2.00. The van der Waals surface area contributed by atoms with Gasteiger partial charge in [0.15, 0.2) is 0 Å². The van der Waals surface area contributed by atoms with Gasteiger partial charge in [0.1, 0.15) is 0 Å². The van der Waals surface area contributed by atoms with E-state index in [1.807, 2.05) is 0 Å². The van der Waals surface area contributed by atoms with Crippen LogP contribution in [0.15, 0.2) is 0 Å². The zero-order valence-electron chi connectivity index (χ0n) is 4.12. The van der Waals surface area contributed by atoms with Crippen molar-refractivity contribution in [1.82, 2.24) is 0 Å². The molecule has 0 atom stereocenters. The van der Waals surface area contributed by atoms with Crippen molar-refractivity contribution >= 4 is 0 Å². The minimum atomic E-state index is 0. The van der Waals surface area contributed by atoms with Gasteiger partial charge >= 0.3 is 19.5 Å². The summed E-state index contributed by atoms with van der Waals surface area (Å²) in [6.07, 6.45) is 0. The van der Waals surface area contributed by atoms with Crippen LogP contribution in [0.4, 0.5) is 0 Å². The molecule has 0 saturated carbocycles. The molecule has 0 aromatic rings. The maximum absolute atomic E-state index is 3.25. The number of hydrogen-bond donors (Lipinski definition) is 0. The molecule has 0 radical (unpaired) electrons. The van der Waals surface area contributed by atoms with Gasteiger partial charge < -0.3 is 13.8 Å². The summed E-state index contributed by atoms with van der Waals surface area (Å²) in [5.41, 5.74) is 0. The molecule has 0 aliphatic heterocycles. The number of hydrogen-bond acceptors (Lipinski definition) is 0. The van der Waals surface area contributed by atoms with Gasteiger partial charge in [-0.05, 0) is 0 Å². The molecule has 0 spiro atoms. The van der Waals surface area contributed by atoms with Gasteiger partial charge in [-0.3, -0.25) is 0 Å². The van der Waals surface area contributed by atoms with E-state index in [0.29, 0.717) is 0 Å². The van der Waals surface area contributed by atoms with Crippen LogP contribution < -0.4 is 0 Å². The SMILES string of the molecule is [CH2-]C.[CH2-]C.[HH].[Zn+2]. The Bertz CT molecular complexity index is 7.51. The molecule has 0 aliphatic carbocycles. The van der Waals surface area contributed by atoms with E-state index in [9.17, 15) is 0 Å². The van der Waals surface area contributed by atoms with Crippen molar-refractivity contribution in [2.45, 2.75) is 13.8 Å². The fraction of sp³-hybridized carbons (Fsp3) is 0.500. The molecule has 0 aromatic heterocycles. The second kappa shape index (κ2) is 156. The molecule has 0 bridgehead atoms. The molecule has 0 nitrogen and oxygen atoms in total. The van der Waals surface area contributed by atoms with Crippen LogP contribution in [0, 0.1) is 13.8 Å². The molecule has 1 heteroatoms. The number of rotatable bonds is 0. The van der Waals surface area contributed by atoms with Gasteiger partial charge in [0.25, 0.3) is 0 Å². The zero-order valence-corrected chi connectivity index (χ0v) is 7.09. The van der Waals surface area contributed by atoms with Gasteiger partial charge in [0, 0.05) is 1.43 Å². The summed E-state index contributed by atoms with van der Waals surface area (Å²) in [7, 11) is 0. The van der Waals surface area contributed by atoms with Gasteiger partial charge in [-0.1, -0.05) is 0 Å². The van der Waals surface area contributed by atoms with Crippen LogP contribution in [0.25, 0.3) is 0 Å². The van der Waals surface area contributed by atoms with Crippen LogP contribution in [0.3, 0.4) is 0 Å². The molecular weight excluding hydrogens is 113 g/mol. The van der Waals surface area contributed by atoms with E-state index in [1.165, 1.54) is 0 Å². The summed E-state index contributed by atoms with van der Waals surface area (Å²) in [5, 5.41) is 0. The van der Waals surface area contributed by atoms with Crippen LogP contribution in [-0.4, -0.2) is 0 Å². The first kappa shape index (κ1) is 17.5. The fourth-order valence-electron chi connectivity index (χ4n) is 0. The Labute approximate surface area is 49.2 Å². The predicted octanol–water partition coefficient (Wildman–Crippen LogP) is 1.92. The Hall–Kier alpha value is 0.623. The van der Waals surface area contributed by atoms with E-state index in [-0.39, 0.29) is 20.9 Å². The molecule has 0 rings (SSSR count). The van der Waals surface area contributed by atoms with Crippen molar-refractivity contribution in [3.63, 3.8) is 0 Å². The third kappa shape index (κ3) is 81.9. The minimum absolute atomic E-state index is 0. The predicted molar refractivity (Wildman–Crippen MR) is 24.2 cm³/mol. The second-order valence-corrected chi connectivity index (χ2v) is 0. The summed E-state index contributed by atoms with van der Waals surface area (Å²) >= 11 is 0. The average Bonchev–Trinajstić information content (AvgIpc) is 1.50. The van der Waals surface area contributed by atoms with Crippen LogP contribution >= 0.6 is 0 Å². The second-order valence-electron chi connectivity index (χ2n) is 0. The topological polar surface area (TPSA) is 0 Å². The Morgan fingerprint density at radius 3 is 1.00 bits per heavy atom. The molecule has 0 N–H and O–H groups in total. The fourth-order valence-corrected chi connectivity index (χ4v) is 0. The summed E-state index contributed by atoms with van der Waals surface area (Å²) in [5.74, 6) is 0. The maximum Gasteiger partial charge on any atom is 2.00 e. The van der Waals surface area contributed by atoms with E-state index < -0.39 is 0 Å². The molecule has 30 valence electrons. The van der Waals surface area contributed by atoms with Gasteiger partial charge in [0.2, 0.25) is 0 Å². The standard InChI is InChI=1S/2C2H5.Zn.H2/c2*1-2;;/h2*1H2,2H3;;1H/q2*-1;+2;. The Balaban J connectivity index is -0.00000000500. The van der Waals surface area contributed by atoms with E-state index in [1.54, 1.807) is 13.8 Å². The van der Waals surface area contributed by atoms with Gasteiger partial charge in [-0.15, -0.1) is 0 Å². The summed E-state index contributed by atoms with van der Waals surface area (Å²) in [6, 6.07) is 0. The smallest absolute Gasteiger partial charge is 0.346 e. The van der Waals surface area contributed by atoms with Crippen molar-refractivity contribution in [3.8, 4) is 0 Å². The third-order valence-corrected chi connectivity index (χ3v) is 0. The Morgan fingerprint density at radius 2 is 1.00 bits per heavy atom. The monoisotopic (exact) mass is 124 g/mol. The van der Waals surface area contributed by atoms with Crippen molar-refractivity contribution in [3.05, 3.63) is 13.8 Å². The van der Waals surface area contributed by atoms with E-state index in [2.05, 4.69) is 13.8 Å². The third-order valence-electron chi connectivity index (χ3n) is 0. The van der Waals surface area contributed by atoms with Gasteiger partial charge in [0.05, 0.1) is 0 Å². The van der Waals surface area contributed by atoms with E-state index in [4.69, 9.17) is 0 Å². The van der Waals surface area contributed by atoms with Crippen LogP contribution in [0.2, 0.25) is 0 Å². The van der Waals surface area contributed by atoms with Crippen LogP contribution in [0.5, 0.6) is 0 Å². The first-order valence-electron chi connectivity index (χ1n) is 1.41. The first-order valence-corrected chi connectivity index (χ1v) is 1.41. The Morgan fingerprint density at radius 1 is 1.00 bits per heavy atom. The Kier molecular flexibility index (Phi) is 546. The molecule has 0 saturated heterocycles. The molecular formula is C4H12Zn. The van der Waals surface area contributed by atoms with Crippen LogP contribution in [0.1, 0.15) is 15.3 Å². The molecule has 0 unspecified atom stereocenters. The molecule has 0 amide bonds. The molecule has 0 heterocycles. The average molecular weight is 126 g/mol.